The molecule has 0 spiro atoms. The number of hydrogen-bond acceptors (Lipinski definition) is 2. The summed E-state index contributed by atoms with van der Waals surface area (Å²) < 4.78 is 0. The number of piperidine rings is 1. The highest BCUT2D eigenvalue weighted by molar-refractivity contribution is 5.21. The predicted octanol–water partition coefficient (Wildman–Crippen LogP) is 2.06. The molecule has 3 nitrogen and oxygen atoms in total. The third-order valence-corrected chi connectivity index (χ3v) is 3.63. The van der Waals surface area contributed by atoms with Crippen molar-refractivity contribution in [2.75, 3.05) is 13.1 Å². The van der Waals surface area contributed by atoms with E-state index in [0.717, 1.165) is 19.0 Å². The van der Waals surface area contributed by atoms with Crippen LogP contribution >= 0.6 is 0 Å². The standard InChI is InChI=1S/C12H19N3/c1-8-11(9-4-6-13-7-5-9)15-12(14-8)10-2-3-10/h9-10,13H,2-7H2,1H3,(H,14,15). The highest BCUT2D eigenvalue weighted by Gasteiger charge is 2.29. The van der Waals surface area contributed by atoms with Gasteiger partial charge in [-0.2, -0.15) is 0 Å². The minimum atomic E-state index is 0.690. The summed E-state index contributed by atoms with van der Waals surface area (Å²) in [6.45, 7) is 4.47. The summed E-state index contributed by atoms with van der Waals surface area (Å²) in [4.78, 5) is 8.28. The third-order valence-electron chi connectivity index (χ3n) is 3.63. The fourth-order valence-corrected chi connectivity index (χ4v) is 2.54. The molecule has 1 aromatic rings. The fraction of sp³-hybridized carbons (Fsp3) is 0.750. The Bertz CT molecular complexity index is 346. The van der Waals surface area contributed by atoms with Crippen LogP contribution in [0.5, 0.6) is 0 Å². The van der Waals surface area contributed by atoms with Gasteiger partial charge in [0.15, 0.2) is 0 Å². The van der Waals surface area contributed by atoms with E-state index < -0.39 is 0 Å². The molecule has 0 amide bonds. The molecule has 1 aromatic heterocycles. The Labute approximate surface area is 90.7 Å². The molecular weight excluding hydrogens is 186 g/mol. The molecule has 0 bridgehead atoms. The van der Waals surface area contributed by atoms with Gasteiger partial charge in [0.25, 0.3) is 0 Å². The van der Waals surface area contributed by atoms with E-state index >= 15 is 0 Å². The van der Waals surface area contributed by atoms with Crippen molar-refractivity contribution in [3.05, 3.63) is 17.2 Å². The normalized spacial score (nSPS) is 23.3. The summed E-state index contributed by atoms with van der Waals surface area (Å²) >= 11 is 0. The summed E-state index contributed by atoms with van der Waals surface area (Å²) in [5, 5.41) is 3.41. The molecule has 2 N–H and O–H groups in total. The van der Waals surface area contributed by atoms with Crippen LogP contribution in [0, 0.1) is 6.92 Å². The van der Waals surface area contributed by atoms with Crippen LogP contribution in [-0.4, -0.2) is 23.1 Å². The van der Waals surface area contributed by atoms with Gasteiger partial charge in [-0.25, -0.2) is 4.98 Å². The Hall–Kier alpha value is -0.830. The zero-order valence-corrected chi connectivity index (χ0v) is 9.34. The number of rotatable bonds is 2. The smallest absolute Gasteiger partial charge is 0.109 e. The van der Waals surface area contributed by atoms with Crippen LogP contribution in [0.2, 0.25) is 0 Å². The van der Waals surface area contributed by atoms with E-state index in [9.17, 15) is 0 Å². The van der Waals surface area contributed by atoms with Crippen molar-refractivity contribution in [2.24, 2.45) is 0 Å². The number of aromatic amines is 1. The van der Waals surface area contributed by atoms with Gasteiger partial charge in [0.2, 0.25) is 0 Å². The minimum Gasteiger partial charge on any atom is -0.346 e. The van der Waals surface area contributed by atoms with Crippen molar-refractivity contribution >= 4 is 0 Å². The van der Waals surface area contributed by atoms with Crippen LogP contribution in [0.25, 0.3) is 0 Å². The van der Waals surface area contributed by atoms with Crippen molar-refractivity contribution in [1.29, 1.82) is 0 Å². The molecule has 0 unspecified atom stereocenters. The molecule has 1 saturated carbocycles. The average molecular weight is 205 g/mol. The van der Waals surface area contributed by atoms with Crippen LogP contribution in [0.1, 0.15) is 54.7 Å². The molecule has 0 atom stereocenters. The molecule has 1 aliphatic heterocycles. The Kier molecular flexibility index (Phi) is 2.28. The molecule has 2 fully saturated rings. The van der Waals surface area contributed by atoms with E-state index in [2.05, 4.69) is 17.2 Å². The highest BCUT2D eigenvalue weighted by Crippen LogP contribution is 2.39. The van der Waals surface area contributed by atoms with E-state index in [1.807, 2.05) is 0 Å². The first-order valence-electron chi connectivity index (χ1n) is 6.11. The van der Waals surface area contributed by atoms with Crippen LogP contribution < -0.4 is 5.32 Å². The Morgan fingerprint density at radius 1 is 1.07 bits per heavy atom. The van der Waals surface area contributed by atoms with Gasteiger partial charge in [-0.15, -0.1) is 0 Å². The first kappa shape index (κ1) is 9.40. The quantitative estimate of drug-likeness (QED) is 0.776. The van der Waals surface area contributed by atoms with E-state index in [1.54, 1.807) is 0 Å². The van der Waals surface area contributed by atoms with Crippen molar-refractivity contribution < 1.29 is 0 Å². The average Bonchev–Trinajstić information content (AvgIpc) is 3.04. The molecule has 15 heavy (non-hydrogen) atoms. The maximum atomic E-state index is 4.81. The minimum absolute atomic E-state index is 0.690. The Morgan fingerprint density at radius 3 is 2.47 bits per heavy atom. The molecule has 1 aliphatic carbocycles. The zero-order valence-electron chi connectivity index (χ0n) is 9.34. The van der Waals surface area contributed by atoms with E-state index in [0.29, 0.717) is 5.92 Å². The van der Waals surface area contributed by atoms with Gasteiger partial charge in [0, 0.05) is 17.5 Å². The topological polar surface area (TPSA) is 40.7 Å². The van der Waals surface area contributed by atoms with Crippen LogP contribution in [-0.2, 0) is 0 Å². The molecule has 0 aromatic carbocycles. The predicted molar refractivity (Wildman–Crippen MR) is 60.1 cm³/mol. The number of aryl methyl sites for hydroxylation is 1. The van der Waals surface area contributed by atoms with Gasteiger partial charge >= 0.3 is 0 Å². The summed E-state index contributed by atoms with van der Waals surface area (Å²) in [5.74, 6) is 2.69. The van der Waals surface area contributed by atoms with Crippen LogP contribution in [0.3, 0.4) is 0 Å². The summed E-state index contributed by atoms with van der Waals surface area (Å²) in [6, 6.07) is 0. The van der Waals surface area contributed by atoms with E-state index in [1.165, 1.54) is 42.9 Å². The van der Waals surface area contributed by atoms with E-state index in [4.69, 9.17) is 4.98 Å². The number of imidazole rings is 1. The molecule has 1 saturated heterocycles. The molecule has 2 heterocycles. The number of H-pyrrole nitrogens is 1. The van der Waals surface area contributed by atoms with Gasteiger partial charge in [0.1, 0.15) is 5.82 Å². The maximum absolute atomic E-state index is 4.81. The Morgan fingerprint density at radius 2 is 1.80 bits per heavy atom. The molecule has 0 radical (unpaired) electrons. The first-order valence-corrected chi connectivity index (χ1v) is 6.11. The summed E-state index contributed by atoms with van der Waals surface area (Å²) in [7, 11) is 0. The second kappa shape index (κ2) is 3.63. The van der Waals surface area contributed by atoms with Crippen molar-refractivity contribution in [1.82, 2.24) is 15.3 Å². The van der Waals surface area contributed by atoms with Crippen molar-refractivity contribution in [3.63, 3.8) is 0 Å². The Balaban J connectivity index is 1.82. The second-order valence-electron chi connectivity index (χ2n) is 4.93. The lowest BCUT2D eigenvalue weighted by Crippen LogP contribution is -2.27. The number of nitrogens with zero attached hydrogens (tertiary/aromatic N) is 1. The lowest BCUT2D eigenvalue weighted by atomic mass is 9.94. The maximum Gasteiger partial charge on any atom is 0.109 e. The SMILES string of the molecule is Cc1[nH]c(C2CC2)nc1C1CCNCC1. The molecule has 3 heteroatoms. The van der Waals surface area contributed by atoms with Crippen LogP contribution in [0.4, 0.5) is 0 Å². The molecule has 2 aliphatic rings. The van der Waals surface area contributed by atoms with Crippen molar-refractivity contribution in [2.45, 2.75) is 44.4 Å². The van der Waals surface area contributed by atoms with Gasteiger partial charge in [-0.3, -0.25) is 0 Å². The molecule has 82 valence electrons. The van der Waals surface area contributed by atoms with Gasteiger partial charge < -0.3 is 10.3 Å². The van der Waals surface area contributed by atoms with Gasteiger partial charge in [0.05, 0.1) is 5.69 Å². The molecule has 3 rings (SSSR count). The monoisotopic (exact) mass is 205 g/mol. The molecular formula is C12H19N3. The second-order valence-corrected chi connectivity index (χ2v) is 4.93. The lowest BCUT2D eigenvalue weighted by Gasteiger charge is -2.21. The number of nitrogens with one attached hydrogen (secondary N) is 2. The largest absolute Gasteiger partial charge is 0.346 e. The zero-order chi connectivity index (χ0) is 10.3. The highest BCUT2D eigenvalue weighted by atomic mass is 15.0. The van der Waals surface area contributed by atoms with Gasteiger partial charge in [-0.05, 0) is 45.7 Å². The van der Waals surface area contributed by atoms with E-state index in [-0.39, 0.29) is 0 Å². The lowest BCUT2D eigenvalue weighted by molar-refractivity contribution is 0.452. The number of aromatic nitrogens is 2. The fourth-order valence-electron chi connectivity index (χ4n) is 2.54. The summed E-state index contributed by atoms with van der Waals surface area (Å²) in [6.07, 6.45) is 5.16. The number of hydrogen-bond donors (Lipinski definition) is 2. The first-order chi connectivity index (χ1) is 7.34. The third kappa shape index (κ3) is 1.81. The van der Waals surface area contributed by atoms with Gasteiger partial charge in [-0.1, -0.05) is 0 Å². The summed E-state index contributed by atoms with van der Waals surface area (Å²) in [5.41, 5.74) is 2.65. The van der Waals surface area contributed by atoms with Crippen LogP contribution in [0.15, 0.2) is 0 Å². The van der Waals surface area contributed by atoms with Crippen molar-refractivity contribution in [3.8, 4) is 0 Å².